The van der Waals surface area contributed by atoms with Crippen molar-refractivity contribution in [2.75, 3.05) is 27.3 Å². The number of halogens is 1. The number of methoxy groups -OCH3 is 2. The Morgan fingerprint density at radius 2 is 1.95 bits per heavy atom. The molecule has 0 saturated carbocycles. The first kappa shape index (κ1) is 17.1. The summed E-state index contributed by atoms with van der Waals surface area (Å²) in [7, 11) is 3.34. The van der Waals surface area contributed by atoms with Crippen molar-refractivity contribution in [3.63, 3.8) is 0 Å². The molecule has 0 bridgehead atoms. The Balaban J connectivity index is 0.00000176. The van der Waals surface area contributed by atoms with Crippen LogP contribution in [-0.4, -0.2) is 32.3 Å². The molecule has 1 saturated heterocycles. The molecule has 3 rings (SSSR count). The van der Waals surface area contributed by atoms with Crippen molar-refractivity contribution in [1.29, 1.82) is 0 Å². The Kier molecular flexibility index (Phi) is 6.06. The first-order valence-electron chi connectivity index (χ1n) is 7.20. The van der Waals surface area contributed by atoms with Crippen LogP contribution in [-0.2, 0) is 0 Å². The van der Waals surface area contributed by atoms with Crippen molar-refractivity contribution in [3.8, 4) is 22.8 Å². The van der Waals surface area contributed by atoms with Gasteiger partial charge in [0.25, 0.3) is 0 Å². The summed E-state index contributed by atoms with van der Waals surface area (Å²) in [6.45, 7) is 2.18. The van der Waals surface area contributed by atoms with Crippen LogP contribution in [0.1, 0.15) is 23.8 Å². The van der Waals surface area contributed by atoms with E-state index in [0.29, 0.717) is 5.92 Å². The van der Waals surface area contributed by atoms with Crippen LogP contribution in [0.5, 0.6) is 11.5 Å². The number of hydrogen-bond acceptors (Lipinski definition) is 5. The largest absolute Gasteiger partial charge is 0.497 e. The number of hydrogen-bond donors (Lipinski definition) is 1. The van der Waals surface area contributed by atoms with Crippen molar-refractivity contribution in [1.82, 2.24) is 10.3 Å². The third-order valence-electron chi connectivity index (χ3n) is 3.89. The summed E-state index contributed by atoms with van der Waals surface area (Å²) in [6, 6.07) is 5.86. The molecule has 0 unspecified atom stereocenters. The van der Waals surface area contributed by atoms with E-state index in [1.807, 2.05) is 18.2 Å². The van der Waals surface area contributed by atoms with Gasteiger partial charge in [-0.25, -0.2) is 4.98 Å². The maximum Gasteiger partial charge on any atom is 0.131 e. The number of nitrogens with one attached hydrogen (secondary N) is 1. The minimum absolute atomic E-state index is 0. The lowest BCUT2D eigenvalue weighted by molar-refractivity contribution is 0.395. The topological polar surface area (TPSA) is 43.4 Å². The van der Waals surface area contributed by atoms with Gasteiger partial charge < -0.3 is 14.8 Å². The van der Waals surface area contributed by atoms with Gasteiger partial charge in [-0.05, 0) is 38.1 Å². The standard InChI is InChI=1S/C16H20N2O2S.ClH/c1-19-12-3-4-13(15(9-12)20-2)14-10-21-16(18-14)11-5-7-17-8-6-11;/h3-4,9-11,17H,5-8H2,1-2H3;1H. The highest BCUT2D eigenvalue weighted by molar-refractivity contribution is 7.10. The molecule has 0 spiro atoms. The summed E-state index contributed by atoms with van der Waals surface area (Å²) in [4.78, 5) is 4.84. The van der Waals surface area contributed by atoms with Gasteiger partial charge in [0.05, 0.1) is 24.9 Å². The van der Waals surface area contributed by atoms with E-state index in [2.05, 4.69) is 10.7 Å². The minimum atomic E-state index is 0. The molecular weight excluding hydrogens is 320 g/mol. The summed E-state index contributed by atoms with van der Waals surface area (Å²) in [6.07, 6.45) is 2.35. The van der Waals surface area contributed by atoms with Crippen LogP contribution >= 0.6 is 23.7 Å². The lowest BCUT2D eigenvalue weighted by Gasteiger charge is -2.20. The summed E-state index contributed by atoms with van der Waals surface area (Å²) >= 11 is 1.75. The number of rotatable bonds is 4. The zero-order chi connectivity index (χ0) is 14.7. The average molecular weight is 341 g/mol. The van der Waals surface area contributed by atoms with E-state index < -0.39 is 0 Å². The summed E-state index contributed by atoms with van der Waals surface area (Å²) in [5.74, 6) is 2.19. The van der Waals surface area contributed by atoms with Gasteiger partial charge in [0.2, 0.25) is 0 Å². The van der Waals surface area contributed by atoms with Gasteiger partial charge in [0, 0.05) is 22.9 Å². The Morgan fingerprint density at radius 1 is 1.18 bits per heavy atom. The van der Waals surface area contributed by atoms with E-state index in [1.54, 1.807) is 25.6 Å². The molecule has 22 heavy (non-hydrogen) atoms. The molecule has 2 aromatic rings. The Labute approximate surface area is 141 Å². The second-order valence-electron chi connectivity index (χ2n) is 5.16. The number of benzene rings is 1. The van der Waals surface area contributed by atoms with Crippen molar-refractivity contribution < 1.29 is 9.47 Å². The molecule has 1 aliphatic heterocycles. The predicted molar refractivity (Wildman–Crippen MR) is 92.7 cm³/mol. The van der Waals surface area contributed by atoms with Gasteiger partial charge in [-0.3, -0.25) is 0 Å². The van der Waals surface area contributed by atoms with Gasteiger partial charge in [0.15, 0.2) is 0 Å². The van der Waals surface area contributed by atoms with Crippen molar-refractivity contribution in [2.24, 2.45) is 0 Å². The number of ether oxygens (including phenoxy) is 2. The first-order valence-corrected chi connectivity index (χ1v) is 8.08. The second-order valence-corrected chi connectivity index (χ2v) is 6.05. The van der Waals surface area contributed by atoms with Crippen LogP contribution in [0.15, 0.2) is 23.6 Å². The molecule has 1 N–H and O–H groups in total. The molecule has 0 atom stereocenters. The van der Waals surface area contributed by atoms with E-state index in [-0.39, 0.29) is 12.4 Å². The molecule has 4 nitrogen and oxygen atoms in total. The Bertz CT molecular complexity index is 612. The van der Waals surface area contributed by atoms with E-state index >= 15 is 0 Å². The van der Waals surface area contributed by atoms with Crippen LogP contribution < -0.4 is 14.8 Å². The highest BCUT2D eigenvalue weighted by atomic mass is 35.5. The Morgan fingerprint density at radius 3 is 2.64 bits per heavy atom. The molecule has 0 radical (unpaired) electrons. The van der Waals surface area contributed by atoms with Crippen LogP contribution in [0.25, 0.3) is 11.3 Å². The average Bonchev–Trinajstić information content (AvgIpc) is 3.04. The van der Waals surface area contributed by atoms with Crippen LogP contribution in [0.2, 0.25) is 0 Å². The molecule has 1 fully saturated rings. The van der Waals surface area contributed by atoms with E-state index in [0.717, 1.165) is 35.8 Å². The zero-order valence-electron chi connectivity index (χ0n) is 12.8. The minimum Gasteiger partial charge on any atom is -0.497 e. The van der Waals surface area contributed by atoms with Gasteiger partial charge in [-0.1, -0.05) is 0 Å². The number of nitrogens with zero attached hydrogens (tertiary/aromatic N) is 1. The lowest BCUT2D eigenvalue weighted by Crippen LogP contribution is -2.26. The molecule has 1 aromatic carbocycles. The van der Waals surface area contributed by atoms with Gasteiger partial charge >= 0.3 is 0 Å². The van der Waals surface area contributed by atoms with E-state index in [9.17, 15) is 0 Å². The van der Waals surface area contributed by atoms with Gasteiger partial charge in [0.1, 0.15) is 11.5 Å². The smallest absolute Gasteiger partial charge is 0.131 e. The third kappa shape index (κ3) is 3.54. The predicted octanol–water partition coefficient (Wildman–Crippen LogP) is 3.72. The molecule has 120 valence electrons. The lowest BCUT2D eigenvalue weighted by atomic mass is 9.99. The van der Waals surface area contributed by atoms with Crippen LogP contribution in [0, 0.1) is 0 Å². The fourth-order valence-corrected chi connectivity index (χ4v) is 3.67. The number of piperidine rings is 1. The quantitative estimate of drug-likeness (QED) is 0.921. The van der Waals surface area contributed by atoms with E-state index in [1.165, 1.54) is 17.8 Å². The summed E-state index contributed by atoms with van der Waals surface area (Å²) < 4.78 is 10.7. The van der Waals surface area contributed by atoms with Crippen molar-refractivity contribution in [3.05, 3.63) is 28.6 Å². The first-order chi connectivity index (χ1) is 10.3. The SMILES string of the molecule is COc1ccc(-c2csc(C3CCNCC3)n2)c(OC)c1.Cl. The third-order valence-corrected chi connectivity index (χ3v) is 4.90. The summed E-state index contributed by atoms with van der Waals surface area (Å²) in [5, 5.41) is 6.76. The van der Waals surface area contributed by atoms with Crippen molar-refractivity contribution >= 4 is 23.7 Å². The monoisotopic (exact) mass is 340 g/mol. The van der Waals surface area contributed by atoms with Gasteiger partial charge in [-0.15, -0.1) is 23.7 Å². The maximum atomic E-state index is 5.47. The highest BCUT2D eigenvalue weighted by Crippen LogP contribution is 2.36. The van der Waals surface area contributed by atoms with Crippen molar-refractivity contribution in [2.45, 2.75) is 18.8 Å². The molecule has 2 heterocycles. The molecule has 0 amide bonds. The number of thiazole rings is 1. The molecule has 0 aliphatic carbocycles. The van der Waals surface area contributed by atoms with Crippen LogP contribution in [0.4, 0.5) is 0 Å². The van der Waals surface area contributed by atoms with E-state index in [4.69, 9.17) is 14.5 Å². The fourth-order valence-electron chi connectivity index (χ4n) is 2.68. The highest BCUT2D eigenvalue weighted by Gasteiger charge is 2.19. The maximum absolute atomic E-state index is 5.47. The van der Waals surface area contributed by atoms with Gasteiger partial charge in [-0.2, -0.15) is 0 Å². The number of aromatic nitrogens is 1. The molecule has 1 aromatic heterocycles. The molecule has 6 heteroatoms. The van der Waals surface area contributed by atoms with Crippen LogP contribution in [0.3, 0.4) is 0 Å². The zero-order valence-corrected chi connectivity index (χ0v) is 14.4. The molecular formula is C16H21ClN2O2S. The normalized spacial score (nSPS) is 15.2. The summed E-state index contributed by atoms with van der Waals surface area (Å²) in [5.41, 5.74) is 2.02. The second kappa shape index (κ2) is 7.81. The molecule has 1 aliphatic rings. The fraction of sp³-hybridized carbons (Fsp3) is 0.438. The Hall–Kier alpha value is -1.30.